The van der Waals surface area contributed by atoms with E-state index in [0.29, 0.717) is 40.7 Å². The fraction of sp³-hybridized carbons (Fsp3) is 0.385. The number of hydrogen-bond donors (Lipinski definition) is 1. The monoisotopic (exact) mass is 508 g/mol. The quantitative estimate of drug-likeness (QED) is 0.230. The number of nitrogens with zero attached hydrogens (tertiary/aromatic N) is 3. The van der Waals surface area contributed by atoms with E-state index >= 15 is 0 Å². The van der Waals surface area contributed by atoms with Crippen molar-refractivity contribution in [1.29, 1.82) is 0 Å². The first-order chi connectivity index (χ1) is 17.1. The number of fused-ring (bicyclic) bond motifs is 1. The molecule has 7 nitrogen and oxygen atoms in total. The zero-order chi connectivity index (χ0) is 24.4. The predicted octanol–water partition coefficient (Wildman–Crippen LogP) is 5.19. The molecule has 3 aromatic rings. The summed E-state index contributed by atoms with van der Waals surface area (Å²) < 4.78 is 7.32. The Morgan fingerprint density at radius 3 is 2.86 bits per heavy atom. The van der Waals surface area contributed by atoms with Crippen LogP contribution in [0.2, 0.25) is 0 Å². The molecule has 2 atom stereocenters. The summed E-state index contributed by atoms with van der Waals surface area (Å²) in [6, 6.07) is 10.5. The van der Waals surface area contributed by atoms with Gasteiger partial charge in [-0.2, -0.15) is 0 Å². The number of ether oxygens (including phenoxy) is 1. The van der Waals surface area contributed by atoms with Gasteiger partial charge in [-0.1, -0.05) is 48.2 Å². The summed E-state index contributed by atoms with van der Waals surface area (Å²) in [6.07, 6.45) is 5.70. The van der Waals surface area contributed by atoms with Crippen molar-refractivity contribution >= 4 is 40.0 Å². The lowest BCUT2D eigenvalue weighted by Crippen LogP contribution is -2.17. The van der Waals surface area contributed by atoms with Crippen molar-refractivity contribution in [1.82, 2.24) is 14.8 Å². The van der Waals surface area contributed by atoms with Gasteiger partial charge in [-0.25, -0.2) is 4.79 Å². The third-order valence-corrected chi connectivity index (χ3v) is 8.57. The molecule has 1 fully saturated rings. The van der Waals surface area contributed by atoms with Crippen LogP contribution in [0.25, 0.3) is 0 Å². The summed E-state index contributed by atoms with van der Waals surface area (Å²) in [7, 11) is 0. The largest absolute Gasteiger partial charge is 0.462 e. The second-order valence-corrected chi connectivity index (χ2v) is 10.8. The first-order valence-electron chi connectivity index (χ1n) is 11.9. The van der Waals surface area contributed by atoms with Gasteiger partial charge in [0.15, 0.2) is 5.16 Å². The number of rotatable bonds is 10. The number of carbonyl (C=O) groups excluding carboxylic acids is 2. The van der Waals surface area contributed by atoms with Crippen LogP contribution >= 0.6 is 23.1 Å². The second kappa shape index (κ2) is 10.4. The number of hydrogen-bond acceptors (Lipinski definition) is 7. The smallest absolute Gasteiger partial charge is 0.341 e. The van der Waals surface area contributed by atoms with Gasteiger partial charge in [0, 0.05) is 17.3 Å². The van der Waals surface area contributed by atoms with E-state index in [0.717, 1.165) is 37.1 Å². The Labute approximate surface area is 213 Å². The Balaban J connectivity index is 1.26. The first-order valence-corrected chi connectivity index (χ1v) is 13.7. The van der Waals surface area contributed by atoms with Crippen LogP contribution in [0, 0.1) is 0 Å². The predicted molar refractivity (Wildman–Crippen MR) is 138 cm³/mol. The first kappa shape index (κ1) is 23.8. The lowest BCUT2D eigenvalue weighted by Gasteiger charge is -2.09. The van der Waals surface area contributed by atoms with Gasteiger partial charge in [-0.05, 0) is 49.7 Å². The van der Waals surface area contributed by atoms with Crippen molar-refractivity contribution < 1.29 is 14.3 Å². The van der Waals surface area contributed by atoms with Gasteiger partial charge < -0.3 is 14.6 Å². The lowest BCUT2D eigenvalue weighted by atomic mass is 10.1. The van der Waals surface area contributed by atoms with E-state index in [1.165, 1.54) is 33.5 Å². The lowest BCUT2D eigenvalue weighted by molar-refractivity contribution is -0.113. The molecule has 0 spiro atoms. The molecule has 2 aromatic heterocycles. The highest BCUT2D eigenvalue weighted by Gasteiger charge is 2.43. The van der Waals surface area contributed by atoms with Gasteiger partial charge in [-0.15, -0.1) is 28.1 Å². The Kier molecular flexibility index (Phi) is 7.06. The van der Waals surface area contributed by atoms with Crippen molar-refractivity contribution in [3.63, 3.8) is 0 Å². The zero-order valence-electron chi connectivity index (χ0n) is 19.7. The zero-order valence-corrected chi connectivity index (χ0v) is 21.3. The third-order valence-electron chi connectivity index (χ3n) is 6.39. The van der Waals surface area contributed by atoms with E-state index < -0.39 is 0 Å². The van der Waals surface area contributed by atoms with Gasteiger partial charge in [-0.3, -0.25) is 4.79 Å². The van der Waals surface area contributed by atoms with Gasteiger partial charge in [0.2, 0.25) is 5.91 Å². The summed E-state index contributed by atoms with van der Waals surface area (Å²) in [6.45, 7) is 6.57. The molecule has 2 unspecified atom stereocenters. The molecule has 2 aliphatic carbocycles. The van der Waals surface area contributed by atoms with Crippen molar-refractivity contribution in [2.45, 2.75) is 56.1 Å². The molecular formula is C26H28N4O3S2. The highest BCUT2D eigenvalue weighted by Crippen LogP contribution is 2.54. The third kappa shape index (κ3) is 4.92. The Morgan fingerprint density at radius 1 is 1.26 bits per heavy atom. The molecule has 0 saturated heterocycles. The van der Waals surface area contributed by atoms with Crippen LogP contribution in [0.3, 0.4) is 0 Å². The molecule has 2 heterocycles. The molecule has 1 amide bonds. The minimum absolute atomic E-state index is 0.174. The van der Waals surface area contributed by atoms with Crippen molar-refractivity contribution in [2.24, 2.45) is 0 Å². The number of amides is 1. The van der Waals surface area contributed by atoms with E-state index in [4.69, 9.17) is 4.74 Å². The maximum absolute atomic E-state index is 12.8. The molecular weight excluding hydrogens is 480 g/mol. The summed E-state index contributed by atoms with van der Waals surface area (Å²) in [5, 5.41) is 13.1. The molecule has 9 heteroatoms. The molecule has 1 saturated carbocycles. The van der Waals surface area contributed by atoms with Crippen LogP contribution in [0.5, 0.6) is 0 Å². The molecule has 1 N–H and O–H groups in total. The van der Waals surface area contributed by atoms with Crippen LogP contribution in [0.1, 0.15) is 63.8 Å². The number of carbonyl (C=O) groups is 2. The number of nitrogens with one attached hydrogen (secondary N) is 1. The summed E-state index contributed by atoms with van der Waals surface area (Å²) in [4.78, 5) is 26.6. The van der Waals surface area contributed by atoms with Crippen molar-refractivity contribution in [3.8, 4) is 0 Å². The Hall–Kier alpha value is -2.91. The van der Waals surface area contributed by atoms with Gasteiger partial charge in [0.1, 0.15) is 10.8 Å². The summed E-state index contributed by atoms with van der Waals surface area (Å²) >= 11 is 2.84. The fourth-order valence-electron chi connectivity index (χ4n) is 4.74. The molecule has 2 aliphatic rings. The normalized spacial score (nSPS) is 18.2. The number of aryl methyl sites for hydroxylation is 1. The number of thioether (sulfide) groups is 1. The number of anilines is 1. The van der Waals surface area contributed by atoms with Crippen LogP contribution in [0.15, 0.2) is 48.1 Å². The van der Waals surface area contributed by atoms with Crippen LogP contribution in [-0.2, 0) is 28.9 Å². The van der Waals surface area contributed by atoms with Crippen LogP contribution in [0.4, 0.5) is 5.00 Å². The molecule has 0 bridgehead atoms. The minimum Gasteiger partial charge on any atom is -0.462 e. The standard InChI is InChI=1S/C26H28N4O3S2/c1-3-13-30-23(19-14-18(19)16-9-6-5-7-10-16)28-29-26(30)34-15-21(31)27-24-22(25(32)33-4-2)17-11-8-12-20(17)35-24/h3,5-7,9-10,18-19H,1,4,8,11-15H2,2H3,(H,27,31). The maximum Gasteiger partial charge on any atom is 0.341 e. The molecule has 0 radical (unpaired) electrons. The Morgan fingerprint density at radius 2 is 2.09 bits per heavy atom. The molecule has 0 aliphatic heterocycles. The highest BCUT2D eigenvalue weighted by molar-refractivity contribution is 7.99. The van der Waals surface area contributed by atoms with Crippen molar-refractivity contribution in [3.05, 3.63) is 70.4 Å². The van der Waals surface area contributed by atoms with Crippen LogP contribution in [-0.4, -0.2) is 39.0 Å². The summed E-state index contributed by atoms with van der Waals surface area (Å²) in [5.74, 6) is 1.36. The average Bonchev–Trinajstić information content (AvgIpc) is 3.15. The van der Waals surface area contributed by atoms with E-state index in [1.54, 1.807) is 6.92 Å². The summed E-state index contributed by atoms with van der Waals surface area (Å²) in [5.41, 5.74) is 2.88. The number of benzene rings is 1. The van der Waals surface area contributed by atoms with E-state index in [-0.39, 0.29) is 17.6 Å². The second-order valence-electron chi connectivity index (χ2n) is 8.72. The molecule has 35 heavy (non-hydrogen) atoms. The number of esters is 1. The molecule has 182 valence electrons. The average molecular weight is 509 g/mol. The van der Waals surface area contributed by atoms with Gasteiger partial charge >= 0.3 is 5.97 Å². The van der Waals surface area contributed by atoms with Gasteiger partial charge in [0.05, 0.1) is 17.9 Å². The Bertz CT molecular complexity index is 1250. The van der Waals surface area contributed by atoms with E-state index in [1.807, 2.05) is 12.1 Å². The maximum atomic E-state index is 12.8. The van der Waals surface area contributed by atoms with Crippen molar-refractivity contribution in [2.75, 3.05) is 17.7 Å². The molecule has 5 rings (SSSR count). The number of thiophene rings is 1. The minimum atomic E-state index is -0.359. The highest BCUT2D eigenvalue weighted by atomic mass is 32.2. The van der Waals surface area contributed by atoms with Crippen LogP contribution < -0.4 is 5.32 Å². The number of aromatic nitrogens is 3. The topological polar surface area (TPSA) is 86.1 Å². The molecule has 1 aromatic carbocycles. The van der Waals surface area contributed by atoms with E-state index in [9.17, 15) is 9.59 Å². The van der Waals surface area contributed by atoms with Gasteiger partial charge in [0.25, 0.3) is 0 Å². The van der Waals surface area contributed by atoms with E-state index in [2.05, 4.69) is 50.9 Å². The fourth-order valence-corrected chi connectivity index (χ4v) is 6.78. The SMILES string of the molecule is C=CCn1c(SCC(=O)Nc2sc3c(c2C(=O)OCC)CCC3)nnc1C1CC1c1ccccc1. The number of allylic oxidation sites excluding steroid dienone is 1.